The van der Waals surface area contributed by atoms with Gasteiger partial charge in [0, 0.05) is 22.2 Å². The lowest BCUT2D eigenvalue weighted by Crippen LogP contribution is -2.19. The predicted molar refractivity (Wildman–Crippen MR) is 81.5 cm³/mol. The highest BCUT2D eigenvalue weighted by atomic mass is 35.7. The molecule has 0 aromatic heterocycles. The summed E-state index contributed by atoms with van der Waals surface area (Å²) in [6, 6.07) is 3.04. The summed E-state index contributed by atoms with van der Waals surface area (Å²) in [6.45, 7) is 5.42. The molecule has 0 aliphatic carbocycles. The number of rotatable bonds is 7. The van der Waals surface area contributed by atoms with E-state index in [9.17, 15) is 18.5 Å². The number of hydrogen-bond acceptors (Lipinski definition) is 5. The number of nitro benzene ring substituents is 1. The molecule has 8 heteroatoms. The molecule has 1 aromatic rings. The van der Waals surface area contributed by atoms with Crippen molar-refractivity contribution >= 4 is 25.4 Å². The topological polar surface area (TPSA) is 86.5 Å². The molecule has 1 unspecified atom stereocenters. The molecule has 118 valence electrons. The van der Waals surface area contributed by atoms with Crippen molar-refractivity contribution in [1.82, 2.24) is 0 Å². The Bertz CT molecular complexity index is 630. The van der Waals surface area contributed by atoms with Gasteiger partial charge < -0.3 is 4.74 Å². The number of benzene rings is 1. The van der Waals surface area contributed by atoms with Crippen molar-refractivity contribution in [3.8, 4) is 5.75 Å². The number of nitrogens with zero attached hydrogens (tertiary/aromatic N) is 1. The Balaban J connectivity index is 2.88. The van der Waals surface area contributed by atoms with Gasteiger partial charge in [0.1, 0.15) is 5.75 Å². The second-order valence-electron chi connectivity index (χ2n) is 4.95. The number of hydrogen-bond donors (Lipinski definition) is 0. The second-order valence-corrected chi connectivity index (χ2v) is 7.77. The second kappa shape index (κ2) is 7.09. The first-order valence-corrected chi connectivity index (χ1v) is 8.92. The molecule has 0 aliphatic heterocycles. The summed E-state index contributed by atoms with van der Waals surface area (Å²) in [6.07, 6.45) is 0.582. The Morgan fingerprint density at radius 2 is 1.95 bits per heavy atom. The van der Waals surface area contributed by atoms with Gasteiger partial charge in [-0.1, -0.05) is 6.92 Å². The molecule has 0 heterocycles. The quantitative estimate of drug-likeness (QED) is 0.434. The van der Waals surface area contributed by atoms with Gasteiger partial charge in [0.05, 0.1) is 23.3 Å². The molecule has 1 rings (SSSR count). The van der Waals surface area contributed by atoms with E-state index in [1.165, 1.54) is 6.07 Å². The van der Waals surface area contributed by atoms with Gasteiger partial charge in [0.2, 0.25) is 9.05 Å². The standard InChI is InChI=1S/C13H18ClNO5S/c1-4-11(8-21(14,18)19)7-20-13-6-12(15(16)17)9(2)5-10(13)3/h5-6,11H,4,7-8H2,1-3H3. The molecule has 0 amide bonds. The maximum atomic E-state index is 11.1. The lowest BCUT2D eigenvalue weighted by atomic mass is 10.1. The van der Waals surface area contributed by atoms with E-state index in [-0.39, 0.29) is 24.0 Å². The highest BCUT2D eigenvalue weighted by Gasteiger charge is 2.18. The van der Waals surface area contributed by atoms with Crippen LogP contribution in [0.4, 0.5) is 5.69 Å². The van der Waals surface area contributed by atoms with E-state index in [1.54, 1.807) is 19.9 Å². The van der Waals surface area contributed by atoms with Crippen molar-refractivity contribution in [2.45, 2.75) is 27.2 Å². The van der Waals surface area contributed by atoms with Crippen LogP contribution in [-0.4, -0.2) is 25.7 Å². The van der Waals surface area contributed by atoms with Crippen LogP contribution >= 0.6 is 10.7 Å². The van der Waals surface area contributed by atoms with E-state index in [0.29, 0.717) is 17.7 Å². The highest BCUT2D eigenvalue weighted by Crippen LogP contribution is 2.28. The van der Waals surface area contributed by atoms with Gasteiger partial charge in [-0.2, -0.15) is 0 Å². The summed E-state index contributed by atoms with van der Waals surface area (Å²) in [5.74, 6) is -0.0529. The van der Waals surface area contributed by atoms with Crippen molar-refractivity contribution in [1.29, 1.82) is 0 Å². The summed E-state index contributed by atoms with van der Waals surface area (Å²) in [4.78, 5) is 10.5. The molecular weight excluding hydrogens is 318 g/mol. The summed E-state index contributed by atoms with van der Waals surface area (Å²) in [5, 5.41) is 10.9. The van der Waals surface area contributed by atoms with Crippen LogP contribution in [0.5, 0.6) is 5.75 Å². The molecule has 0 bridgehead atoms. The molecule has 6 nitrogen and oxygen atoms in total. The molecular formula is C13H18ClNO5S. The SMILES string of the molecule is CCC(COc1cc([N+](=O)[O-])c(C)cc1C)CS(=O)(=O)Cl. The largest absolute Gasteiger partial charge is 0.493 e. The zero-order valence-electron chi connectivity index (χ0n) is 12.1. The Kier molecular flexibility index (Phi) is 5.98. The van der Waals surface area contributed by atoms with Crippen LogP contribution in [0.25, 0.3) is 0 Å². The Morgan fingerprint density at radius 1 is 1.33 bits per heavy atom. The van der Waals surface area contributed by atoms with Crippen LogP contribution in [0.15, 0.2) is 12.1 Å². The fraction of sp³-hybridized carbons (Fsp3) is 0.538. The first kappa shape index (κ1) is 17.7. The molecule has 0 saturated heterocycles. The summed E-state index contributed by atoms with van der Waals surface area (Å²) >= 11 is 0. The lowest BCUT2D eigenvalue weighted by Gasteiger charge is -2.16. The van der Waals surface area contributed by atoms with E-state index >= 15 is 0 Å². The highest BCUT2D eigenvalue weighted by molar-refractivity contribution is 8.13. The molecule has 0 N–H and O–H groups in total. The van der Waals surface area contributed by atoms with E-state index in [1.807, 2.05) is 6.92 Å². The van der Waals surface area contributed by atoms with Crippen LogP contribution in [0.2, 0.25) is 0 Å². The Hall–Kier alpha value is -1.34. The molecule has 0 radical (unpaired) electrons. The lowest BCUT2D eigenvalue weighted by molar-refractivity contribution is -0.385. The summed E-state index contributed by atoms with van der Waals surface area (Å²) in [5.41, 5.74) is 1.30. The molecule has 1 aromatic carbocycles. The van der Waals surface area contributed by atoms with Crippen LogP contribution in [0.3, 0.4) is 0 Å². The molecule has 21 heavy (non-hydrogen) atoms. The van der Waals surface area contributed by atoms with Crippen LogP contribution in [-0.2, 0) is 9.05 Å². The average Bonchev–Trinajstić information content (AvgIpc) is 2.34. The van der Waals surface area contributed by atoms with E-state index in [4.69, 9.17) is 15.4 Å². The maximum absolute atomic E-state index is 11.1. The van der Waals surface area contributed by atoms with Gasteiger partial charge in [-0.15, -0.1) is 0 Å². The first-order chi connectivity index (χ1) is 9.64. The maximum Gasteiger partial charge on any atom is 0.276 e. The number of nitro groups is 1. The van der Waals surface area contributed by atoms with Gasteiger partial charge >= 0.3 is 0 Å². The van der Waals surface area contributed by atoms with Gasteiger partial charge in [-0.3, -0.25) is 10.1 Å². The number of ether oxygens (including phenoxy) is 1. The van der Waals surface area contributed by atoms with Crippen molar-refractivity contribution in [3.05, 3.63) is 33.4 Å². The molecule has 0 aliphatic rings. The number of halogens is 1. The third kappa shape index (κ3) is 5.51. The summed E-state index contributed by atoms with van der Waals surface area (Å²) < 4.78 is 27.7. The minimum absolute atomic E-state index is 0.0198. The molecule has 1 atom stereocenters. The van der Waals surface area contributed by atoms with Crippen molar-refractivity contribution in [2.75, 3.05) is 12.4 Å². The van der Waals surface area contributed by atoms with E-state index in [0.717, 1.165) is 5.56 Å². The first-order valence-electron chi connectivity index (χ1n) is 6.44. The van der Waals surface area contributed by atoms with Crippen molar-refractivity contribution in [3.63, 3.8) is 0 Å². The molecule has 0 saturated carbocycles. The monoisotopic (exact) mass is 335 g/mol. The fourth-order valence-electron chi connectivity index (χ4n) is 1.95. The van der Waals surface area contributed by atoms with E-state index in [2.05, 4.69) is 0 Å². The fourth-order valence-corrected chi connectivity index (χ4v) is 3.38. The smallest absolute Gasteiger partial charge is 0.276 e. The third-order valence-electron chi connectivity index (χ3n) is 3.18. The summed E-state index contributed by atoms with van der Waals surface area (Å²) in [7, 11) is 1.64. The van der Waals surface area contributed by atoms with Gasteiger partial charge in [-0.05, 0) is 31.9 Å². The molecule has 0 spiro atoms. The predicted octanol–water partition coefficient (Wildman–Crippen LogP) is 3.19. The van der Waals surface area contributed by atoms with Crippen LogP contribution in [0, 0.1) is 29.9 Å². The zero-order chi connectivity index (χ0) is 16.2. The normalized spacial score (nSPS) is 13.0. The Morgan fingerprint density at radius 3 is 2.43 bits per heavy atom. The van der Waals surface area contributed by atoms with Gasteiger partial charge in [0.25, 0.3) is 5.69 Å². The zero-order valence-corrected chi connectivity index (χ0v) is 13.7. The minimum atomic E-state index is -3.59. The number of aryl methyl sites for hydroxylation is 2. The third-order valence-corrected chi connectivity index (χ3v) is 4.42. The minimum Gasteiger partial charge on any atom is -0.493 e. The Labute approximate surface area is 128 Å². The van der Waals surface area contributed by atoms with E-state index < -0.39 is 14.0 Å². The van der Waals surface area contributed by atoms with Gasteiger partial charge in [0.15, 0.2) is 0 Å². The van der Waals surface area contributed by atoms with Crippen LogP contribution < -0.4 is 4.74 Å². The van der Waals surface area contributed by atoms with Crippen LogP contribution in [0.1, 0.15) is 24.5 Å². The van der Waals surface area contributed by atoms with Crippen molar-refractivity contribution < 1.29 is 18.1 Å². The molecule has 0 fully saturated rings. The average molecular weight is 336 g/mol. The van der Waals surface area contributed by atoms with Gasteiger partial charge in [-0.25, -0.2) is 8.42 Å². The van der Waals surface area contributed by atoms with Crippen molar-refractivity contribution in [2.24, 2.45) is 5.92 Å².